The van der Waals surface area contributed by atoms with Crippen LogP contribution in [0.25, 0.3) is 0 Å². The van der Waals surface area contributed by atoms with Gasteiger partial charge in [0, 0.05) is 32.9 Å². The molecule has 8 nitrogen and oxygen atoms in total. The van der Waals surface area contributed by atoms with Gasteiger partial charge in [-0.05, 0) is 31.7 Å². The predicted octanol–water partition coefficient (Wildman–Crippen LogP) is 1.13. The van der Waals surface area contributed by atoms with E-state index in [1.54, 1.807) is 7.05 Å². The molecule has 1 amide bonds. The quantitative estimate of drug-likeness (QED) is 0.710. The Kier molecular flexibility index (Phi) is 6.46. The molecule has 26 heavy (non-hydrogen) atoms. The van der Waals surface area contributed by atoms with Crippen molar-refractivity contribution in [1.29, 1.82) is 0 Å². The van der Waals surface area contributed by atoms with Crippen molar-refractivity contribution in [2.75, 3.05) is 19.6 Å². The maximum Gasteiger partial charge on any atom is 0.355 e. The van der Waals surface area contributed by atoms with E-state index in [2.05, 4.69) is 5.32 Å². The molecule has 1 N–H and O–H groups in total. The minimum Gasteiger partial charge on any atom is -0.448 e. The van der Waals surface area contributed by atoms with Crippen LogP contribution in [0, 0.1) is 5.92 Å². The van der Waals surface area contributed by atoms with E-state index in [1.807, 2.05) is 13.8 Å². The van der Waals surface area contributed by atoms with Crippen molar-refractivity contribution in [1.82, 2.24) is 14.2 Å². The van der Waals surface area contributed by atoms with E-state index in [4.69, 9.17) is 4.74 Å². The summed E-state index contributed by atoms with van der Waals surface area (Å²) in [6, 6.07) is 1.30. The summed E-state index contributed by atoms with van der Waals surface area (Å²) >= 11 is 0. The molecule has 1 aromatic heterocycles. The molecule has 0 bridgehead atoms. The first-order chi connectivity index (χ1) is 12.1. The molecule has 0 radical (unpaired) electrons. The topological polar surface area (TPSA) is 97.7 Å². The van der Waals surface area contributed by atoms with E-state index >= 15 is 0 Å². The second-order valence-electron chi connectivity index (χ2n) is 6.97. The van der Waals surface area contributed by atoms with Crippen molar-refractivity contribution >= 4 is 21.9 Å². The summed E-state index contributed by atoms with van der Waals surface area (Å²) in [5.74, 6) is -0.832. The number of ether oxygens (including phenoxy) is 1. The summed E-state index contributed by atoms with van der Waals surface area (Å²) in [6.07, 6.45) is 2.11. The number of hydrogen-bond donors (Lipinski definition) is 1. The summed E-state index contributed by atoms with van der Waals surface area (Å²) in [4.78, 5) is 24.3. The van der Waals surface area contributed by atoms with Gasteiger partial charge in [-0.3, -0.25) is 4.79 Å². The number of amides is 1. The van der Waals surface area contributed by atoms with Crippen molar-refractivity contribution in [3.63, 3.8) is 0 Å². The summed E-state index contributed by atoms with van der Waals surface area (Å²) in [5.41, 5.74) is 0.0891. The van der Waals surface area contributed by atoms with Crippen molar-refractivity contribution in [3.8, 4) is 0 Å². The molecule has 1 aliphatic heterocycles. The predicted molar refractivity (Wildman–Crippen MR) is 96.1 cm³/mol. The highest BCUT2D eigenvalue weighted by Gasteiger charge is 2.30. The minimum absolute atomic E-state index is 0.0609. The van der Waals surface area contributed by atoms with E-state index in [0.29, 0.717) is 19.6 Å². The number of nitrogens with one attached hydrogen (secondary N) is 1. The number of sulfonamides is 1. The highest BCUT2D eigenvalue weighted by atomic mass is 32.2. The molecular weight excluding hydrogens is 358 g/mol. The fourth-order valence-electron chi connectivity index (χ4n) is 2.68. The monoisotopic (exact) mass is 385 g/mol. The number of carbonyl (C=O) groups excluding carboxylic acids is 2. The molecule has 1 saturated heterocycles. The second kappa shape index (κ2) is 8.22. The standard InChI is InChI=1S/C17H27N3O5S/c1-12(2)10-18-16(21)13(3)25-17(22)15-9-14(11-19(15)4)26(23,24)20-7-5-6-8-20/h9,11-13H,5-8,10H2,1-4H3,(H,18,21). The molecule has 0 spiro atoms. The number of hydrogen-bond acceptors (Lipinski definition) is 5. The van der Waals surface area contributed by atoms with Crippen molar-refractivity contribution < 1.29 is 22.7 Å². The van der Waals surface area contributed by atoms with Crippen LogP contribution in [0.2, 0.25) is 0 Å². The fourth-order valence-corrected chi connectivity index (χ4v) is 4.27. The van der Waals surface area contributed by atoms with Gasteiger partial charge >= 0.3 is 5.97 Å². The van der Waals surface area contributed by atoms with E-state index in [9.17, 15) is 18.0 Å². The number of nitrogens with zero attached hydrogens (tertiary/aromatic N) is 2. The normalized spacial score (nSPS) is 16.7. The molecule has 0 aromatic carbocycles. The van der Waals surface area contributed by atoms with Crippen LogP contribution in [0.1, 0.15) is 44.1 Å². The summed E-state index contributed by atoms with van der Waals surface area (Å²) in [5, 5.41) is 2.69. The average Bonchev–Trinajstić information content (AvgIpc) is 3.22. The van der Waals surface area contributed by atoms with Gasteiger partial charge < -0.3 is 14.6 Å². The first-order valence-corrected chi connectivity index (χ1v) is 10.2. The number of aryl methyl sites for hydroxylation is 1. The van der Waals surface area contributed by atoms with Crippen molar-refractivity contribution in [3.05, 3.63) is 18.0 Å². The average molecular weight is 385 g/mol. The summed E-state index contributed by atoms with van der Waals surface area (Å²) in [6.45, 7) is 6.88. The van der Waals surface area contributed by atoms with Crippen LogP contribution in [0.4, 0.5) is 0 Å². The molecule has 1 aromatic rings. The third-order valence-electron chi connectivity index (χ3n) is 4.23. The molecule has 9 heteroatoms. The minimum atomic E-state index is -3.61. The van der Waals surface area contributed by atoms with Gasteiger partial charge in [0.05, 0.1) is 0 Å². The molecule has 2 rings (SSSR count). The van der Waals surface area contributed by atoms with Gasteiger partial charge in [0.25, 0.3) is 5.91 Å². The van der Waals surface area contributed by atoms with Crippen LogP contribution in [-0.4, -0.2) is 54.9 Å². The van der Waals surface area contributed by atoms with Gasteiger partial charge in [-0.1, -0.05) is 13.8 Å². The highest BCUT2D eigenvalue weighted by molar-refractivity contribution is 7.89. The Bertz CT molecular complexity index is 763. The van der Waals surface area contributed by atoms with E-state index in [0.717, 1.165) is 12.8 Å². The Morgan fingerprint density at radius 3 is 2.42 bits per heavy atom. The lowest BCUT2D eigenvalue weighted by atomic mass is 10.2. The maximum atomic E-state index is 12.6. The third kappa shape index (κ3) is 4.64. The van der Waals surface area contributed by atoms with Crippen LogP contribution in [0.15, 0.2) is 17.2 Å². The van der Waals surface area contributed by atoms with Crippen LogP contribution < -0.4 is 5.32 Å². The fraction of sp³-hybridized carbons (Fsp3) is 0.647. The number of carbonyl (C=O) groups is 2. The smallest absolute Gasteiger partial charge is 0.355 e. The molecule has 2 heterocycles. The van der Waals surface area contributed by atoms with Crippen LogP contribution in [0.5, 0.6) is 0 Å². The zero-order chi connectivity index (χ0) is 19.5. The Hall–Kier alpha value is -1.87. The molecule has 1 unspecified atom stereocenters. The Morgan fingerprint density at radius 1 is 1.23 bits per heavy atom. The van der Waals surface area contributed by atoms with Gasteiger partial charge in [-0.2, -0.15) is 4.31 Å². The molecule has 1 atom stereocenters. The highest BCUT2D eigenvalue weighted by Crippen LogP contribution is 2.23. The first kappa shape index (κ1) is 20.4. The zero-order valence-electron chi connectivity index (χ0n) is 15.7. The van der Waals surface area contributed by atoms with Crippen LogP contribution in [-0.2, 0) is 26.6 Å². The number of esters is 1. The molecule has 146 valence electrons. The number of rotatable bonds is 7. The molecule has 0 saturated carbocycles. The van der Waals surface area contributed by atoms with E-state index in [-0.39, 0.29) is 22.4 Å². The van der Waals surface area contributed by atoms with Crippen LogP contribution in [0.3, 0.4) is 0 Å². The Labute approximate surface area is 154 Å². The number of aromatic nitrogens is 1. The van der Waals surface area contributed by atoms with Crippen molar-refractivity contribution in [2.24, 2.45) is 13.0 Å². The summed E-state index contributed by atoms with van der Waals surface area (Å²) in [7, 11) is -2.04. The largest absolute Gasteiger partial charge is 0.448 e. The molecule has 1 aliphatic rings. The maximum absolute atomic E-state index is 12.6. The SMILES string of the molecule is CC(C)CNC(=O)C(C)OC(=O)c1cc(S(=O)(=O)N2CCCC2)cn1C. The Morgan fingerprint density at radius 2 is 1.85 bits per heavy atom. The van der Waals surface area contributed by atoms with E-state index in [1.165, 1.54) is 28.1 Å². The summed E-state index contributed by atoms with van der Waals surface area (Å²) < 4.78 is 33.2. The zero-order valence-corrected chi connectivity index (χ0v) is 16.5. The lowest BCUT2D eigenvalue weighted by Crippen LogP contribution is -2.37. The second-order valence-corrected chi connectivity index (χ2v) is 8.91. The molecule has 0 aliphatic carbocycles. The van der Waals surface area contributed by atoms with Crippen LogP contribution >= 0.6 is 0 Å². The third-order valence-corrected chi connectivity index (χ3v) is 6.09. The van der Waals surface area contributed by atoms with E-state index < -0.39 is 22.1 Å². The van der Waals surface area contributed by atoms with Gasteiger partial charge in [-0.15, -0.1) is 0 Å². The molecule has 1 fully saturated rings. The first-order valence-electron chi connectivity index (χ1n) is 8.78. The van der Waals surface area contributed by atoms with Gasteiger partial charge in [0.15, 0.2) is 6.10 Å². The molecular formula is C17H27N3O5S. The van der Waals surface area contributed by atoms with Crippen molar-refractivity contribution in [2.45, 2.75) is 44.6 Å². The lowest BCUT2D eigenvalue weighted by Gasteiger charge is -2.14. The van der Waals surface area contributed by atoms with Gasteiger partial charge in [-0.25, -0.2) is 13.2 Å². The van der Waals surface area contributed by atoms with Gasteiger partial charge in [0.1, 0.15) is 10.6 Å². The lowest BCUT2D eigenvalue weighted by molar-refractivity contribution is -0.129. The Balaban J connectivity index is 2.08. The van der Waals surface area contributed by atoms with Gasteiger partial charge in [0.2, 0.25) is 10.0 Å².